The summed E-state index contributed by atoms with van der Waals surface area (Å²) in [5.74, 6) is -0.0477. The van der Waals surface area contributed by atoms with Gasteiger partial charge in [-0.3, -0.25) is 0 Å². The second kappa shape index (κ2) is 5.65. The first kappa shape index (κ1) is 13.5. The number of allylic oxidation sites excluding steroid dienone is 2. The number of thioether (sulfide) groups is 1. The molecule has 0 fully saturated rings. The average molecular weight is 248 g/mol. The zero-order valence-electron chi connectivity index (χ0n) is 10.0. The van der Waals surface area contributed by atoms with Crippen molar-refractivity contribution in [2.45, 2.75) is 26.7 Å². The van der Waals surface area contributed by atoms with Gasteiger partial charge in [-0.05, 0) is 5.92 Å². The van der Waals surface area contributed by atoms with Crippen molar-refractivity contribution in [2.24, 2.45) is 23.3 Å². The van der Waals surface area contributed by atoms with Crippen molar-refractivity contribution < 1.29 is 0 Å². The minimum absolute atomic E-state index is 0.197. The van der Waals surface area contributed by atoms with Gasteiger partial charge in [0.2, 0.25) is 0 Å². The van der Waals surface area contributed by atoms with Crippen LogP contribution >= 0.6 is 11.8 Å². The van der Waals surface area contributed by atoms with Crippen LogP contribution < -0.4 is 11.5 Å². The van der Waals surface area contributed by atoms with Crippen LogP contribution in [0.4, 0.5) is 0 Å². The van der Waals surface area contributed by atoms with E-state index in [0.717, 1.165) is 24.6 Å². The maximum Gasteiger partial charge on any atom is 0.0981 e. The summed E-state index contributed by atoms with van der Waals surface area (Å²) in [6.07, 6.45) is 1.94. The maximum absolute atomic E-state index is 9.17. The maximum atomic E-state index is 9.17. The minimum Gasteiger partial charge on any atom is -0.392 e. The largest absolute Gasteiger partial charge is 0.392 e. The van der Waals surface area contributed by atoms with Crippen molar-refractivity contribution in [1.29, 1.82) is 10.5 Å². The molecule has 90 valence electrons. The Hall–Kier alpha value is -1.59. The molecule has 17 heavy (non-hydrogen) atoms. The van der Waals surface area contributed by atoms with Gasteiger partial charge in [-0.1, -0.05) is 38.5 Å². The molecule has 1 aliphatic heterocycles. The fraction of sp³-hybridized carbons (Fsp3) is 0.500. The van der Waals surface area contributed by atoms with Crippen LogP contribution in [0, 0.1) is 34.5 Å². The number of nitriles is 2. The Balaban J connectivity index is 3.21. The molecule has 4 nitrogen and oxygen atoms in total. The first-order chi connectivity index (χ1) is 8.06. The summed E-state index contributed by atoms with van der Waals surface area (Å²) in [5.41, 5.74) is 12.6. The quantitative estimate of drug-likeness (QED) is 0.797. The molecule has 4 N–H and O–H groups in total. The smallest absolute Gasteiger partial charge is 0.0981 e. The van der Waals surface area contributed by atoms with E-state index >= 15 is 0 Å². The molecular weight excluding hydrogens is 232 g/mol. The van der Waals surface area contributed by atoms with Crippen LogP contribution in [0.25, 0.3) is 0 Å². The lowest BCUT2D eigenvalue weighted by atomic mass is 9.80. The lowest BCUT2D eigenvalue weighted by Gasteiger charge is -2.28. The van der Waals surface area contributed by atoms with Crippen molar-refractivity contribution in [3.8, 4) is 12.1 Å². The molecule has 5 heteroatoms. The van der Waals surface area contributed by atoms with E-state index in [0.29, 0.717) is 21.2 Å². The zero-order valence-corrected chi connectivity index (χ0v) is 10.8. The highest BCUT2D eigenvalue weighted by Gasteiger charge is 2.33. The van der Waals surface area contributed by atoms with E-state index in [-0.39, 0.29) is 11.8 Å². The summed E-state index contributed by atoms with van der Waals surface area (Å²) in [6, 6.07) is 4.24. The summed E-state index contributed by atoms with van der Waals surface area (Å²) >= 11 is 1.12. The van der Waals surface area contributed by atoms with Gasteiger partial charge in [-0.25, -0.2) is 0 Å². The topological polar surface area (TPSA) is 99.6 Å². The molecular formula is C12H16N4S. The first-order valence-corrected chi connectivity index (χ1v) is 6.35. The summed E-state index contributed by atoms with van der Waals surface area (Å²) < 4.78 is 0. The molecule has 1 rings (SSSR count). The molecule has 0 saturated carbocycles. The lowest BCUT2D eigenvalue weighted by molar-refractivity contribution is 0.434. The average Bonchev–Trinajstić information content (AvgIpc) is 2.28. The molecule has 0 spiro atoms. The van der Waals surface area contributed by atoms with E-state index in [1.807, 2.05) is 6.92 Å². The number of rotatable bonds is 3. The first-order valence-electron chi connectivity index (χ1n) is 5.54. The second-order valence-electron chi connectivity index (χ2n) is 4.13. The lowest BCUT2D eigenvalue weighted by Crippen LogP contribution is -2.24. The van der Waals surface area contributed by atoms with E-state index in [2.05, 4.69) is 19.1 Å². The van der Waals surface area contributed by atoms with Gasteiger partial charge < -0.3 is 11.5 Å². The highest BCUT2D eigenvalue weighted by molar-refractivity contribution is 8.06. The van der Waals surface area contributed by atoms with Gasteiger partial charge in [0, 0.05) is 5.92 Å². The molecule has 0 aliphatic carbocycles. The highest BCUT2D eigenvalue weighted by atomic mass is 32.2. The Labute approximate surface area is 106 Å². The van der Waals surface area contributed by atoms with Gasteiger partial charge in [-0.15, -0.1) is 0 Å². The molecule has 1 heterocycles. The third-order valence-electron chi connectivity index (χ3n) is 2.93. The highest BCUT2D eigenvalue weighted by Crippen LogP contribution is 2.41. The number of nitrogens with zero attached hydrogens (tertiary/aromatic N) is 2. The van der Waals surface area contributed by atoms with Crippen molar-refractivity contribution in [3.05, 3.63) is 21.2 Å². The molecule has 0 saturated heterocycles. The third-order valence-corrected chi connectivity index (χ3v) is 3.81. The predicted octanol–water partition coefficient (Wildman–Crippen LogP) is 2.17. The van der Waals surface area contributed by atoms with Crippen LogP contribution in [0.3, 0.4) is 0 Å². The van der Waals surface area contributed by atoms with Crippen LogP contribution in [-0.2, 0) is 0 Å². The Morgan fingerprint density at radius 2 is 1.71 bits per heavy atom. The third kappa shape index (κ3) is 2.57. The molecule has 0 amide bonds. The summed E-state index contributed by atoms with van der Waals surface area (Å²) in [4.78, 5) is 0. The van der Waals surface area contributed by atoms with Crippen LogP contribution in [-0.4, -0.2) is 0 Å². The Bertz CT molecular complexity index is 414. The van der Waals surface area contributed by atoms with Gasteiger partial charge in [0.05, 0.1) is 33.3 Å². The Kier molecular flexibility index (Phi) is 4.48. The van der Waals surface area contributed by atoms with Crippen molar-refractivity contribution in [1.82, 2.24) is 0 Å². The second-order valence-corrected chi connectivity index (χ2v) is 5.21. The van der Waals surface area contributed by atoms with Crippen molar-refractivity contribution >= 4 is 11.8 Å². The monoisotopic (exact) mass is 248 g/mol. The predicted molar refractivity (Wildman–Crippen MR) is 68.8 cm³/mol. The fourth-order valence-corrected chi connectivity index (χ4v) is 2.92. The number of nitrogens with two attached hydrogens (primary N) is 2. The Morgan fingerprint density at radius 3 is 2.06 bits per heavy atom. The van der Waals surface area contributed by atoms with Gasteiger partial charge in [0.25, 0.3) is 0 Å². The molecule has 0 aromatic rings. The van der Waals surface area contributed by atoms with E-state index in [1.54, 1.807) is 0 Å². The van der Waals surface area contributed by atoms with E-state index in [4.69, 9.17) is 11.5 Å². The molecule has 1 unspecified atom stereocenters. The molecule has 1 aliphatic rings. The van der Waals surface area contributed by atoms with Crippen LogP contribution in [0.15, 0.2) is 21.2 Å². The van der Waals surface area contributed by atoms with Crippen LogP contribution in [0.2, 0.25) is 0 Å². The molecule has 0 aromatic heterocycles. The fourth-order valence-electron chi connectivity index (χ4n) is 2.12. The van der Waals surface area contributed by atoms with Gasteiger partial charge in [0.15, 0.2) is 0 Å². The van der Waals surface area contributed by atoms with Crippen molar-refractivity contribution in [3.63, 3.8) is 0 Å². The summed E-state index contributed by atoms with van der Waals surface area (Å²) in [7, 11) is 0. The standard InChI is InChI=1S/C12H16N4S/c1-3-4-7(2)10-8(5-13)11(15)17-12(16)9(10)6-14/h7,10H,3-4,15-16H2,1-2H3. The van der Waals surface area contributed by atoms with Gasteiger partial charge in [-0.2, -0.15) is 10.5 Å². The molecule has 0 radical (unpaired) electrons. The Morgan fingerprint density at radius 1 is 1.24 bits per heavy atom. The number of hydrogen-bond donors (Lipinski definition) is 2. The van der Waals surface area contributed by atoms with E-state index in [9.17, 15) is 10.5 Å². The summed E-state index contributed by atoms with van der Waals surface area (Å²) in [5, 5.41) is 19.2. The SMILES string of the molecule is CCCC(C)C1C(C#N)=C(N)SC(N)=C1C#N. The normalized spacial score (nSPS) is 18.8. The van der Waals surface area contributed by atoms with E-state index < -0.39 is 0 Å². The summed E-state index contributed by atoms with van der Waals surface area (Å²) in [6.45, 7) is 4.10. The molecule has 1 atom stereocenters. The minimum atomic E-state index is -0.244. The zero-order chi connectivity index (χ0) is 13.0. The van der Waals surface area contributed by atoms with Crippen LogP contribution in [0.1, 0.15) is 26.7 Å². The van der Waals surface area contributed by atoms with Gasteiger partial charge in [0.1, 0.15) is 0 Å². The van der Waals surface area contributed by atoms with Crippen molar-refractivity contribution in [2.75, 3.05) is 0 Å². The van der Waals surface area contributed by atoms with Crippen LogP contribution in [0.5, 0.6) is 0 Å². The molecule has 0 aromatic carbocycles. The van der Waals surface area contributed by atoms with Gasteiger partial charge >= 0.3 is 0 Å². The molecule has 0 bridgehead atoms. The number of hydrogen-bond acceptors (Lipinski definition) is 5. The van der Waals surface area contributed by atoms with E-state index in [1.165, 1.54) is 0 Å².